The molecule has 0 unspecified atom stereocenters. The van der Waals surface area contributed by atoms with E-state index in [0.29, 0.717) is 0 Å². The van der Waals surface area contributed by atoms with Crippen LogP contribution in [0.4, 0.5) is 10.3 Å². The molecule has 0 atom stereocenters. The molecule has 16 heavy (non-hydrogen) atoms. The van der Waals surface area contributed by atoms with Crippen LogP contribution in [0.2, 0.25) is 0 Å². The predicted octanol–water partition coefficient (Wildman–Crippen LogP) is -0.518. The number of rotatable bonds is 2. The number of amides is 1. The lowest BCUT2D eigenvalue weighted by molar-refractivity contribution is 0.100. The Labute approximate surface area is 88.9 Å². The summed E-state index contributed by atoms with van der Waals surface area (Å²) >= 11 is 0. The maximum absolute atomic E-state index is 13.3. The molecule has 2 rings (SSSR count). The number of hydrogen-bond donors (Lipinski definition) is 2. The Morgan fingerprint density at radius 1 is 1.44 bits per heavy atom. The molecular formula is C8H7FN6O. The Balaban J connectivity index is 2.50. The Hall–Kier alpha value is -2.51. The number of hydrogen-bond acceptors (Lipinski definition) is 5. The van der Waals surface area contributed by atoms with Gasteiger partial charge in [0.15, 0.2) is 11.6 Å². The van der Waals surface area contributed by atoms with Crippen LogP contribution in [0.3, 0.4) is 0 Å². The molecular weight excluding hydrogens is 215 g/mol. The van der Waals surface area contributed by atoms with E-state index in [1.54, 1.807) is 0 Å². The van der Waals surface area contributed by atoms with Crippen LogP contribution in [0.25, 0.3) is 5.82 Å². The van der Waals surface area contributed by atoms with Gasteiger partial charge in [-0.25, -0.2) is 14.1 Å². The van der Waals surface area contributed by atoms with E-state index in [2.05, 4.69) is 15.1 Å². The number of nitrogens with zero attached hydrogens (tertiary/aromatic N) is 4. The smallest absolute Gasteiger partial charge is 0.251 e. The summed E-state index contributed by atoms with van der Waals surface area (Å²) in [5.74, 6) is -1.59. The molecule has 82 valence electrons. The Bertz CT molecular complexity index is 551. The molecule has 0 bridgehead atoms. The van der Waals surface area contributed by atoms with Crippen LogP contribution >= 0.6 is 0 Å². The van der Waals surface area contributed by atoms with E-state index in [9.17, 15) is 9.18 Å². The molecule has 2 heterocycles. The summed E-state index contributed by atoms with van der Waals surface area (Å²) in [6, 6.07) is 0. The Morgan fingerprint density at radius 2 is 2.19 bits per heavy atom. The van der Waals surface area contributed by atoms with E-state index in [1.807, 2.05) is 0 Å². The molecule has 2 aromatic rings. The van der Waals surface area contributed by atoms with E-state index < -0.39 is 11.7 Å². The normalized spacial score (nSPS) is 10.3. The third-order valence-electron chi connectivity index (χ3n) is 1.83. The maximum atomic E-state index is 13.3. The summed E-state index contributed by atoms with van der Waals surface area (Å²) in [5, 5.41) is 3.74. The Kier molecular flexibility index (Phi) is 2.24. The standard InChI is InChI=1S/C8H7FN6O/c9-5-2-12-8(11)14-7(5)15-3-4(1-13-15)6(10)16/h1-3H,(H2,10,16)(H2,11,12,14). The van der Waals surface area contributed by atoms with Gasteiger partial charge in [-0.2, -0.15) is 10.1 Å². The molecule has 2 aromatic heterocycles. The van der Waals surface area contributed by atoms with Gasteiger partial charge in [0, 0.05) is 6.20 Å². The molecule has 0 saturated heterocycles. The first-order valence-corrected chi connectivity index (χ1v) is 4.21. The highest BCUT2D eigenvalue weighted by Crippen LogP contribution is 2.10. The van der Waals surface area contributed by atoms with Crippen molar-refractivity contribution in [1.82, 2.24) is 19.7 Å². The van der Waals surface area contributed by atoms with Crippen LogP contribution in [-0.4, -0.2) is 25.7 Å². The lowest BCUT2D eigenvalue weighted by atomic mass is 10.3. The fourth-order valence-electron chi connectivity index (χ4n) is 1.10. The van der Waals surface area contributed by atoms with Gasteiger partial charge in [-0.3, -0.25) is 4.79 Å². The molecule has 0 aromatic carbocycles. The first-order chi connectivity index (χ1) is 7.58. The minimum absolute atomic E-state index is 0.0903. The highest BCUT2D eigenvalue weighted by Gasteiger charge is 2.11. The summed E-state index contributed by atoms with van der Waals surface area (Å²) in [6.45, 7) is 0. The second-order valence-corrected chi connectivity index (χ2v) is 2.94. The van der Waals surface area contributed by atoms with Gasteiger partial charge in [-0.05, 0) is 0 Å². The molecule has 0 aliphatic heterocycles. The lowest BCUT2D eigenvalue weighted by Crippen LogP contribution is -2.10. The number of anilines is 1. The molecule has 4 N–H and O–H groups in total. The molecule has 0 fully saturated rings. The van der Waals surface area contributed by atoms with Crippen LogP contribution in [0.5, 0.6) is 0 Å². The van der Waals surface area contributed by atoms with Crippen molar-refractivity contribution in [2.75, 3.05) is 5.73 Å². The summed E-state index contributed by atoms with van der Waals surface area (Å²) in [5.41, 5.74) is 10.5. The van der Waals surface area contributed by atoms with Gasteiger partial charge in [0.2, 0.25) is 5.95 Å². The number of carbonyl (C=O) groups excluding carboxylic acids is 1. The van der Waals surface area contributed by atoms with Crippen molar-refractivity contribution in [3.63, 3.8) is 0 Å². The zero-order valence-electron chi connectivity index (χ0n) is 7.96. The first kappa shape index (κ1) is 10.0. The highest BCUT2D eigenvalue weighted by atomic mass is 19.1. The van der Waals surface area contributed by atoms with Gasteiger partial charge in [-0.1, -0.05) is 0 Å². The lowest BCUT2D eigenvalue weighted by Gasteiger charge is -2.01. The van der Waals surface area contributed by atoms with Crippen molar-refractivity contribution in [2.45, 2.75) is 0 Å². The fourth-order valence-corrected chi connectivity index (χ4v) is 1.10. The molecule has 7 nitrogen and oxygen atoms in total. The van der Waals surface area contributed by atoms with Gasteiger partial charge >= 0.3 is 0 Å². The van der Waals surface area contributed by atoms with Crippen LogP contribution in [0.15, 0.2) is 18.6 Å². The predicted molar refractivity (Wildman–Crippen MR) is 52.0 cm³/mol. The van der Waals surface area contributed by atoms with Gasteiger partial charge in [0.25, 0.3) is 5.91 Å². The highest BCUT2D eigenvalue weighted by molar-refractivity contribution is 5.92. The summed E-state index contributed by atoms with van der Waals surface area (Å²) < 4.78 is 14.4. The second-order valence-electron chi connectivity index (χ2n) is 2.94. The maximum Gasteiger partial charge on any atom is 0.251 e. The average molecular weight is 222 g/mol. The molecule has 0 radical (unpaired) electrons. The van der Waals surface area contributed by atoms with Crippen molar-refractivity contribution < 1.29 is 9.18 Å². The molecule has 8 heteroatoms. The van der Waals surface area contributed by atoms with Gasteiger partial charge in [0.1, 0.15) is 0 Å². The quantitative estimate of drug-likeness (QED) is 0.710. The van der Waals surface area contributed by atoms with Crippen molar-refractivity contribution in [1.29, 1.82) is 0 Å². The number of nitrogen functional groups attached to an aromatic ring is 1. The molecule has 1 amide bonds. The minimum Gasteiger partial charge on any atom is -0.368 e. The first-order valence-electron chi connectivity index (χ1n) is 4.21. The number of halogens is 1. The molecule has 0 spiro atoms. The third kappa shape index (κ3) is 1.67. The van der Waals surface area contributed by atoms with E-state index in [1.165, 1.54) is 12.4 Å². The third-order valence-corrected chi connectivity index (χ3v) is 1.83. The number of primary amides is 1. The number of carbonyl (C=O) groups is 1. The van der Waals surface area contributed by atoms with Gasteiger partial charge in [0.05, 0.1) is 18.0 Å². The summed E-state index contributed by atoms with van der Waals surface area (Å²) in [4.78, 5) is 17.9. The van der Waals surface area contributed by atoms with Gasteiger partial charge in [-0.15, -0.1) is 0 Å². The zero-order valence-corrected chi connectivity index (χ0v) is 7.96. The van der Waals surface area contributed by atoms with Crippen LogP contribution in [0, 0.1) is 5.82 Å². The second kappa shape index (κ2) is 3.57. The zero-order chi connectivity index (χ0) is 11.7. The fraction of sp³-hybridized carbons (Fsp3) is 0. The van der Waals surface area contributed by atoms with E-state index in [0.717, 1.165) is 10.9 Å². The van der Waals surface area contributed by atoms with Crippen LogP contribution in [-0.2, 0) is 0 Å². The van der Waals surface area contributed by atoms with Crippen molar-refractivity contribution in [3.05, 3.63) is 30.0 Å². The SMILES string of the molecule is NC(=O)c1cnn(-c2nc(N)ncc2F)c1. The van der Waals surface area contributed by atoms with E-state index >= 15 is 0 Å². The largest absolute Gasteiger partial charge is 0.368 e. The topological polar surface area (TPSA) is 113 Å². The van der Waals surface area contributed by atoms with Crippen molar-refractivity contribution >= 4 is 11.9 Å². The van der Waals surface area contributed by atoms with E-state index in [4.69, 9.17) is 11.5 Å². The summed E-state index contributed by atoms with van der Waals surface area (Å²) in [7, 11) is 0. The molecule has 0 saturated carbocycles. The Morgan fingerprint density at radius 3 is 2.81 bits per heavy atom. The van der Waals surface area contributed by atoms with Crippen molar-refractivity contribution in [2.24, 2.45) is 5.73 Å². The number of nitrogens with two attached hydrogens (primary N) is 2. The van der Waals surface area contributed by atoms with E-state index in [-0.39, 0.29) is 17.3 Å². The van der Waals surface area contributed by atoms with Gasteiger partial charge < -0.3 is 11.5 Å². The monoisotopic (exact) mass is 222 g/mol. The van der Waals surface area contributed by atoms with Crippen molar-refractivity contribution in [3.8, 4) is 5.82 Å². The van der Waals surface area contributed by atoms with Crippen LogP contribution < -0.4 is 11.5 Å². The average Bonchev–Trinajstić information content (AvgIpc) is 2.70. The minimum atomic E-state index is -0.701. The number of aromatic nitrogens is 4. The van der Waals surface area contributed by atoms with Crippen LogP contribution in [0.1, 0.15) is 10.4 Å². The molecule has 0 aliphatic rings. The molecule has 0 aliphatic carbocycles. The summed E-state index contributed by atoms with van der Waals surface area (Å²) in [6.07, 6.45) is 3.39.